The maximum atomic E-state index is 12.8. The van der Waals surface area contributed by atoms with Crippen LogP contribution in [0.25, 0.3) is 5.69 Å². The Morgan fingerprint density at radius 1 is 1.04 bits per heavy atom. The van der Waals surface area contributed by atoms with Crippen molar-refractivity contribution < 1.29 is 22.6 Å². The van der Waals surface area contributed by atoms with Crippen LogP contribution in [-0.4, -0.2) is 24.8 Å². The van der Waals surface area contributed by atoms with Crippen molar-refractivity contribution >= 4 is 5.69 Å². The highest BCUT2D eigenvalue weighted by molar-refractivity contribution is 5.60. The Bertz CT molecular complexity index is 951. The number of halogens is 3. The lowest BCUT2D eigenvalue weighted by molar-refractivity contribution is -0.137. The van der Waals surface area contributed by atoms with Gasteiger partial charge in [0.15, 0.2) is 6.23 Å². The molecule has 4 nitrogen and oxygen atoms in total. The van der Waals surface area contributed by atoms with Crippen molar-refractivity contribution in [2.24, 2.45) is 0 Å². The van der Waals surface area contributed by atoms with Crippen molar-refractivity contribution in [1.82, 2.24) is 4.57 Å². The van der Waals surface area contributed by atoms with Crippen LogP contribution in [0.3, 0.4) is 0 Å². The molecular formula is C21H19F3N2O2. The molecule has 1 aromatic heterocycles. The predicted molar refractivity (Wildman–Crippen MR) is 99.8 cm³/mol. The summed E-state index contributed by atoms with van der Waals surface area (Å²) in [6.07, 6.45) is -0.930. The first-order valence-corrected chi connectivity index (χ1v) is 8.84. The standard InChI is InChI=1S/C21H19F3N2O2/c1-27-19-5-3-2-4-18(19)26-12-13-28-20(26)15-10-11-25(14-15)17-8-6-16(7-9-17)21(22,23)24/h2-11,14,20H,12-13H2,1H3/t20-/m0/s1. The van der Waals surface area contributed by atoms with Crippen LogP contribution in [0.2, 0.25) is 0 Å². The summed E-state index contributed by atoms with van der Waals surface area (Å²) in [6.45, 7) is 1.30. The fourth-order valence-corrected chi connectivity index (χ4v) is 3.40. The van der Waals surface area contributed by atoms with Crippen molar-refractivity contribution in [1.29, 1.82) is 0 Å². The van der Waals surface area contributed by atoms with E-state index in [4.69, 9.17) is 9.47 Å². The molecule has 0 aliphatic carbocycles. The van der Waals surface area contributed by atoms with Crippen molar-refractivity contribution in [2.75, 3.05) is 25.2 Å². The minimum Gasteiger partial charge on any atom is -0.495 e. The number of nitrogens with zero attached hydrogens (tertiary/aromatic N) is 2. The van der Waals surface area contributed by atoms with Gasteiger partial charge in [-0.15, -0.1) is 0 Å². The summed E-state index contributed by atoms with van der Waals surface area (Å²) in [6, 6.07) is 14.7. The molecule has 0 unspecified atom stereocenters. The minimum atomic E-state index is -4.34. The van der Waals surface area contributed by atoms with Crippen molar-refractivity contribution in [3.8, 4) is 11.4 Å². The van der Waals surface area contributed by atoms with E-state index in [0.29, 0.717) is 12.3 Å². The molecule has 0 amide bonds. The van der Waals surface area contributed by atoms with E-state index in [1.54, 1.807) is 11.7 Å². The van der Waals surface area contributed by atoms with Gasteiger partial charge in [-0.2, -0.15) is 13.2 Å². The molecule has 0 N–H and O–H groups in total. The van der Waals surface area contributed by atoms with Gasteiger partial charge in [-0.3, -0.25) is 0 Å². The van der Waals surface area contributed by atoms with Gasteiger partial charge in [-0.1, -0.05) is 12.1 Å². The van der Waals surface area contributed by atoms with Crippen molar-refractivity contribution in [2.45, 2.75) is 12.4 Å². The minimum absolute atomic E-state index is 0.285. The zero-order chi connectivity index (χ0) is 19.7. The van der Waals surface area contributed by atoms with E-state index in [2.05, 4.69) is 4.90 Å². The van der Waals surface area contributed by atoms with E-state index in [1.807, 2.05) is 42.7 Å². The number of ether oxygens (including phenoxy) is 2. The highest BCUT2D eigenvalue weighted by Crippen LogP contribution is 2.38. The number of rotatable bonds is 4. The Morgan fingerprint density at radius 2 is 1.79 bits per heavy atom. The summed E-state index contributed by atoms with van der Waals surface area (Å²) in [4.78, 5) is 2.12. The Morgan fingerprint density at radius 3 is 2.50 bits per heavy atom. The second-order valence-electron chi connectivity index (χ2n) is 6.49. The van der Waals surface area contributed by atoms with E-state index < -0.39 is 11.7 Å². The van der Waals surface area contributed by atoms with Gasteiger partial charge in [-0.25, -0.2) is 0 Å². The lowest BCUT2D eigenvalue weighted by atomic mass is 10.2. The third-order valence-electron chi connectivity index (χ3n) is 4.78. The van der Waals surface area contributed by atoms with Crippen LogP contribution in [0, 0.1) is 0 Å². The fraction of sp³-hybridized carbons (Fsp3) is 0.238. The number of para-hydroxylation sites is 2. The first-order chi connectivity index (χ1) is 13.5. The summed E-state index contributed by atoms with van der Waals surface area (Å²) < 4.78 is 51.4. The molecule has 1 saturated heterocycles. The Balaban J connectivity index is 1.60. The summed E-state index contributed by atoms with van der Waals surface area (Å²) in [5, 5.41) is 0. The number of hydrogen-bond acceptors (Lipinski definition) is 3. The molecule has 2 heterocycles. The largest absolute Gasteiger partial charge is 0.495 e. The van der Waals surface area contributed by atoms with Crippen LogP contribution in [-0.2, 0) is 10.9 Å². The average molecular weight is 388 g/mol. The average Bonchev–Trinajstić information content (AvgIpc) is 3.36. The summed E-state index contributed by atoms with van der Waals surface area (Å²) in [7, 11) is 1.63. The smallest absolute Gasteiger partial charge is 0.416 e. The molecule has 28 heavy (non-hydrogen) atoms. The Kier molecular flexibility index (Phi) is 4.77. The molecule has 4 rings (SSSR count). The van der Waals surface area contributed by atoms with E-state index in [9.17, 15) is 13.2 Å². The van der Waals surface area contributed by atoms with Gasteiger partial charge < -0.3 is 18.9 Å². The molecule has 2 aromatic carbocycles. The number of anilines is 1. The van der Waals surface area contributed by atoms with E-state index >= 15 is 0 Å². The van der Waals surface area contributed by atoms with Gasteiger partial charge in [0.2, 0.25) is 0 Å². The Hall–Kier alpha value is -2.93. The molecule has 1 atom stereocenters. The summed E-state index contributed by atoms with van der Waals surface area (Å²) in [5.74, 6) is 0.764. The SMILES string of the molecule is COc1ccccc1N1CCO[C@H]1c1ccn(-c2ccc(C(F)(F)F)cc2)c1. The van der Waals surface area contributed by atoms with E-state index in [0.717, 1.165) is 35.7 Å². The normalized spacial score (nSPS) is 17.1. The molecule has 0 saturated carbocycles. The zero-order valence-electron chi connectivity index (χ0n) is 15.2. The van der Waals surface area contributed by atoms with Gasteiger partial charge in [0.25, 0.3) is 0 Å². The van der Waals surface area contributed by atoms with Crippen LogP contribution in [0.1, 0.15) is 17.4 Å². The van der Waals surface area contributed by atoms with Gasteiger partial charge in [0.1, 0.15) is 5.75 Å². The van der Waals surface area contributed by atoms with Crippen LogP contribution in [0.4, 0.5) is 18.9 Å². The molecule has 1 aliphatic heterocycles. The molecule has 146 valence electrons. The molecule has 0 radical (unpaired) electrons. The second kappa shape index (κ2) is 7.24. The Labute approximate surface area is 160 Å². The molecule has 0 bridgehead atoms. The van der Waals surface area contributed by atoms with Gasteiger partial charge in [0.05, 0.1) is 25.0 Å². The molecule has 1 aliphatic rings. The van der Waals surface area contributed by atoms with Crippen molar-refractivity contribution in [3.63, 3.8) is 0 Å². The molecule has 7 heteroatoms. The summed E-state index contributed by atoms with van der Waals surface area (Å²) >= 11 is 0. The number of alkyl halides is 3. The van der Waals surface area contributed by atoms with Crippen LogP contribution < -0.4 is 9.64 Å². The van der Waals surface area contributed by atoms with Crippen LogP contribution in [0.15, 0.2) is 67.0 Å². The summed E-state index contributed by atoms with van der Waals surface area (Å²) in [5.41, 5.74) is 1.85. The first-order valence-electron chi connectivity index (χ1n) is 8.84. The zero-order valence-corrected chi connectivity index (χ0v) is 15.2. The van der Waals surface area contributed by atoms with Crippen LogP contribution >= 0.6 is 0 Å². The first kappa shape index (κ1) is 18.4. The number of aromatic nitrogens is 1. The van der Waals surface area contributed by atoms with Gasteiger partial charge >= 0.3 is 6.18 Å². The predicted octanol–water partition coefficient (Wildman–Crippen LogP) is 5.04. The molecule has 1 fully saturated rings. The quantitative estimate of drug-likeness (QED) is 0.627. The third-order valence-corrected chi connectivity index (χ3v) is 4.78. The number of hydrogen-bond donors (Lipinski definition) is 0. The maximum absolute atomic E-state index is 12.8. The molecule has 3 aromatic rings. The number of methoxy groups -OCH3 is 1. The highest BCUT2D eigenvalue weighted by atomic mass is 19.4. The second-order valence-corrected chi connectivity index (χ2v) is 6.49. The lowest BCUT2D eigenvalue weighted by Crippen LogP contribution is -2.23. The maximum Gasteiger partial charge on any atom is 0.416 e. The van der Waals surface area contributed by atoms with Gasteiger partial charge in [0, 0.05) is 30.2 Å². The van der Waals surface area contributed by atoms with E-state index in [-0.39, 0.29) is 6.23 Å². The third kappa shape index (κ3) is 3.45. The van der Waals surface area contributed by atoms with E-state index in [1.165, 1.54) is 12.1 Å². The number of benzene rings is 2. The molecule has 0 spiro atoms. The van der Waals surface area contributed by atoms with Gasteiger partial charge in [-0.05, 0) is 42.5 Å². The monoisotopic (exact) mass is 388 g/mol. The van der Waals surface area contributed by atoms with Crippen molar-refractivity contribution in [3.05, 3.63) is 78.1 Å². The topological polar surface area (TPSA) is 26.6 Å². The molecular weight excluding hydrogens is 369 g/mol. The van der Waals surface area contributed by atoms with Crippen LogP contribution in [0.5, 0.6) is 5.75 Å². The lowest BCUT2D eigenvalue weighted by Gasteiger charge is -2.26. The fourth-order valence-electron chi connectivity index (χ4n) is 3.40. The highest BCUT2D eigenvalue weighted by Gasteiger charge is 2.31.